The molecule has 0 spiro atoms. The predicted octanol–water partition coefficient (Wildman–Crippen LogP) is 3.94. The van der Waals surface area contributed by atoms with Crippen molar-refractivity contribution in [2.45, 2.75) is 37.0 Å². The van der Waals surface area contributed by atoms with Gasteiger partial charge in [-0.2, -0.15) is 0 Å². The summed E-state index contributed by atoms with van der Waals surface area (Å²) in [6.45, 7) is 0.647. The minimum Gasteiger partial charge on any atom is -0.352 e. The summed E-state index contributed by atoms with van der Waals surface area (Å²) in [5.74, 6) is -0.348. The van der Waals surface area contributed by atoms with Gasteiger partial charge in [-0.05, 0) is 55.2 Å². The van der Waals surface area contributed by atoms with Crippen molar-refractivity contribution in [3.05, 3.63) is 59.9 Å². The molecule has 0 unspecified atom stereocenters. The lowest BCUT2D eigenvalue weighted by Crippen LogP contribution is -2.30. The largest absolute Gasteiger partial charge is 0.352 e. The number of halogens is 1. The molecule has 5 nitrogen and oxygen atoms in total. The van der Waals surface area contributed by atoms with Crippen molar-refractivity contribution in [2.75, 3.05) is 11.3 Å². The SMILES string of the molecule is O=C(NCC1CCCCC1)c1ccc(S(=O)(=O)Nc2ccccc2F)cc1. The molecule has 2 N–H and O–H groups in total. The van der Waals surface area contributed by atoms with Gasteiger partial charge in [0.2, 0.25) is 0 Å². The maximum atomic E-state index is 13.7. The molecule has 0 saturated heterocycles. The quantitative estimate of drug-likeness (QED) is 0.785. The zero-order valence-corrected chi connectivity index (χ0v) is 15.8. The first kappa shape index (κ1) is 19.4. The highest BCUT2D eigenvalue weighted by Gasteiger charge is 2.18. The number of rotatable bonds is 6. The number of para-hydroxylation sites is 1. The average Bonchev–Trinajstić information content (AvgIpc) is 2.69. The summed E-state index contributed by atoms with van der Waals surface area (Å²) >= 11 is 0. The van der Waals surface area contributed by atoms with Crippen LogP contribution in [0.1, 0.15) is 42.5 Å². The Labute approximate surface area is 159 Å². The fourth-order valence-electron chi connectivity index (χ4n) is 3.26. The Morgan fingerprint density at radius 2 is 1.67 bits per heavy atom. The van der Waals surface area contributed by atoms with Gasteiger partial charge in [0.1, 0.15) is 5.82 Å². The van der Waals surface area contributed by atoms with E-state index in [9.17, 15) is 17.6 Å². The van der Waals surface area contributed by atoms with Crippen molar-refractivity contribution in [1.29, 1.82) is 0 Å². The minimum atomic E-state index is -3.93. The second-order valence-electron chi connectivity index (χ2n) is 6.82. The second kappa shape index (κ2) is 8.52. The molecule has 3 rings (SSSR count). The normalized spacial score (nSPS) is 15.3. The van der Waals surface area contributed by atoms with Crippen LogP contribution in [0.5, 0.6) is 0 Å². The third kappa shape index (κ3) is 5.07. The summed E-state index contributed by atoms with van der Waals surface area (Å²) in [4.78, 5) is 12.2. The number of carbonyl (C=O) groups excluding carboxylic acids is 1. The molecule has 1 aliphatic carbocycles. The molecule has 0 heterocycles. The highest BCUT2D eigenvalue weighted by molar-refractivity contribution is 7.92. The topological polar surface area (TPSA) is 75.3 Å². The molecule has 0 bridgehead atoms. The van der Waals surface area contributed by atoms with Crippen LogP contribution in [-0.4, -0.2) is 20.9 Å². The van der Waals surface area contributed by atoms with Crippen LogP contribution in [-0.2, 0) is 10.0 Å². The van der Waals surface area contributed by atoms with Crippen molar-refractivity contribution in [3.8, 4) is 0 Å². The van der Waals surface area contributed by atoms with Crippen LogP contribution in [0.2, 0.25) is 0 Å². The summed E-state index contributed by atoms with van der Waals surface area (Å²) in [7, 11) is -3.93. The molecule has 2 aromatic carbocycles. The van der Waals surface area contributed by atoms with Gasteiger partial charge in [-0.3, -0.25) is 9.52 Å². The van der Waals surface area contributed by atoms with Crippen molar-refractivity contribution in [3.63, 3.8) is 0 Å². The predicted molar refractivity (Wildman–Crippen MR) is 103 cm³/mol. The number of nitrogens with one attached hydrogen (secondary N) is 2. The number of amides is 1. The Bertz CT molecular complexity index is 892. The fourth-order valence-corrected chi connectivity index (χ4v) is 4.33. The first-order chi connectivity index (χ1) is 13.0. The Kier molecular flexibility index (Phi) is 6.11. The maximum Gasteiger partial charge on any atom is 0.261 e. The number of hydrogen-bond acceptors (Lipinski definition) is 3. The van der Waals surface area contributed by atoms with Crippen molar-refractivity contribution in [2.24, 2.45) is 5.92 Å². The smallest absolute Gasteiger partial charge is 0.261 e. The van der Waals surface area contributed by atoms with E-state index in [0.717, 1.165) is 12.8 Å². The summed E-state index contributed by atoms with van der Waals surface area (Å²) in [6, 6.07) is 11.2. The van der Waals surface area contributed by atoms with E-state index in [1.807, 2.05) is 0 Å². The van der Waals surface area contributed by atoms with Crippen LogP contribution in [0, 0.1) is 11.7 Å². The number of carbonyl (C=O) groups is 1. The molecule has 7 heteroatoms. The average molecular weight is 390 g/mol. The third-order valence-corrected chi connectivity index (χ3v) is 6.20. The highest BCUT2D eigenvalue weighted by atomic mass is 32.2. The van der Waals surface area contributed by atoms with Gasteiger partial charge >= 0.3 is 0 Å². The molecule has 0 radical (unpaired) electrons. The van der Waals surface area contributed by atoms with E-state index < -0.39 is 15.8 Å². The van der Waals surface area contributed by atoms with Crippen molar-refractivity contribution < 1.29 is 17.6 Å². The highest BCUT2D eigenvalue weighted by Crippen LogP contribution is 2.23. The van der Waals surface area contributed by atoms with E-state index in [1.165, 1.54) is 61.7 Å². The van der Waals surface area contributed by atoms with Crippen molar-refractivity contribution >= 4 is 21.6 Å². The van der Waals surface area contributed by atoms with Gasteiger partial charge in [0, 0.05) is 12.1 Å². The fraction of sp³-hybridized carbons (Fsp3) is 0.350. The van der Waals surface area contributed by atoms with Gasteiger partial charge in [-0.15, -0.1) is 0 Å². The molecule has 1 amide bonds. The summed E-state index contributed by atoms with van der Waals surface area (Å²) in [5, 5.41) is 2.92. The Balaban J connectivity index is 1.63. The molecular formula is C20H23FN2O3S. The van der Waals surface area contributed by atoms with E-state index in [1.54, 1.807) is 6.07 Å². The molecule has 0 aromatic heterocycles. The van der Waals surface area contributed by atoms with E-state index in [-0.39, 0.29) is 16.5 Å². The van der Waals surface area contributed by atoms with E-state index in [4.69, 9.17) is 0 Å². The zero-order chi connectivity index (χ0) is 19.3. The lowest BCUT2D eigenvalue weighted by Gasteiger charge is -2.21. The van der Waals surface area contributed by atoms with Gasteiger partial charge in [-0.1, -0.05) is 31.4 Å². The van der Waals surface area contributed by atoms with Gasteiger partial charge in [0.25, 0.3) is 15.9 Å². The number of sulfonamides is 1. The Morgan fingerprint density at radius 1 is 1.00 bits per heavy atom. The van der Waals surface area contributed by atoms with Crippen LogP contribution < -0.4 is 10.0 Å². The monoisotopic (exact) mass is 390 g/mol. The number of hydrogen-bond donors (Lipinski definition) is 2. The standard InChI is InChI=1S/C20H23FN2O3S/c21-18-8-4-5-9-19(18)23-27(25,26)17-12-10-16(11-13-17)20(24)22-14-15-6-2-1-3-7-15/h4-5,8-13,15,23H,1-3,6-7,14H2,(H,22,24). The molecule has 144 valence electrons. The van der Waals surface area contributed by atoms with E-state index in [0.29, 0.717) is 18.0 Å². The molecule has 2 aromatic rings. The first-order valence-corrected chi connectivity index (χ1v) is 10.6. The Morgan fingerprint density at radius 3 is 2.33 bits per heavy atom. The minimum absolute atomic E-state index is 0.0328. The molecule has 1 saturated carbocycles. The lowest BCUT2D eigenvalue weighted by atomic mass is 9.89. The van der Waals surface area contributed by atoms with Gasteiger partial charge in [-0.25, -0.2) is 12.8 Å². The summed E-state index contributed by atoms with van der Waals surface area (Å²) < 4.78 is 40.7. The van der Waals surface area contributed by atoms with Crippen LogP contribution in [0.3, 0.4) is 0 Å². The van der Waals surface area contributed by atoms with Crippen LogP contribution in [0.25, 0.3) is 0 Å². The molecular weight excluding hydrogens is 367 g/mol. The van der Waals surface area contributed by atoms with Crippen LogP contribution in [0.15, 0.2) is 53.4 Å². The van der Waals surface area contributed by atoms with Gasteiger partial charge in [0.05, 0.1) is 10.6 Å². The maximum absolute atomic E-state index is 13.7. The summed E-state index contributed by atoms with van der Waals surface area (Å²) in [5.41, 5.74) is 0.280. The van der Waals surface area contributed by atoms with Gasteiger partial charge in [0.15, 0.2) is 0 Å². The second-order valence-corrected chi connectivity index (χ2v) is 8.51. The third-order valence-electron chi connectivity index (χ3n) is 4.82. The number of benzene rings is 2. The number of anilines is 1. The lowest BCUT2D eigenvalue weighted by molar-refractivity contribution is 0.0943. The Hall–Kier alpha value is -2.41. The molecule has 1 fully saturated rings. The van der Waals surface area contributed by atoms with Crippen molar-refractivity contribution in [1.82, 2.24) is 5.32 Å². The zero-order valence-electron chi connectivity index (χ0n) is 14.9. The van der Waals surface area contributed by atoms with Gasteiger partial charge < -0.3 is 5.32 Å². The van der Waals surface area contributed by atoms with Crippen LogP contribution >= 0.6 is 0 Å². The van der Waals surface area contributed by atoms with E-state index in [2.05, 4.69) is 10.0 Å². The summed E-state index contributed by atoms with van der Waals surface area (Å²) in [6.07, 6.45) is 5.96. The van der Waals surface area contributed by atoms with Crippen LogP contribution in [0.4, 0.5) is 10.1 Å². The molecule has 0 aliphatic heterocycles. The molecule has 27 heavy (non-hydrogen) atoms. The molecule has 1 aliphatic rings. The molecule has 0 atom stereocenters. The van der Waals surface area contributed by atoms with E-state index >= 15 is 0 Å². The first-order valence-electron chi connectivity index (χ1n) is 9.11.